The standard InChI is InChI=1S/C17H29N3S/c1-13(2)11-18-12-15-16(14-7-8-14)19-17(21-15)20-9-5-3-4-6-10-20/h13-14,18H,3-12H2,1-2H3. The fraction of sp³-hybridized carbons (Fsp3) is 0.824. The van der Waals surface area contributed by atoms with Gasteiger partial charge in [0, 0.05) is 30.4 Å². The molecule has 0 bridgehead atoms. The molecule has 1 aliphatic heterocycles. The van der Waals surface area contributed by atoms with Crippen LogP contribution < -0.4 is 10.2 Å². The number of nitrogens with one attached hydrogen (secondary N) is 1. The molecule has 2 heterocycles. The van der Waals surface area contributed by atoms with E-state index in [1.807, 2.05) is 11.3 Å². The van der Waals surface area contributed by atoms with E-state index in [0.717, 1.165) is 19.0 Å². The van der Waals surface area contributed by atoms with Crippen LogP contribution >= 0.6 is 11.3 Å². The van der Waals surface area contributed by atoms with E-state index in [4.69, 9.17) is 4.98 Å². The molecular weight excluding hydrogens is 278 g/mol. The van der Waals surface area contributed by atoms with Gasteiger partial charge in [0.05, 0.1) is 5.69 Å². The number of nitrogens with zero attached hydrogens (tertiary/aromatic N) is 2. The van der Waals surface area contributed by atoms with Crippen LogP contribution in [0.1, 0.15) is 68.9 Å². The van der Waals surface area contributed by atoms with Gasteiger partial charge in [-0.3, -0.25) is 0 Å². The van der Waals surface area contributed by atoms with Crippen LogP contribution in [0, 0.1) is 5.92 Å². The zero-order chi connectivity index (χ0) is 14.7. The van der Waals surface area contributed by atoms with Crippen molar-refractivity contribution in [1.29, 1.82) is 0 Å². The summed E-state index contributed by atoms with van der Waals surface area (Å²) in [7, 11) is 0. The minimum atomic E-state index is 0.715. The quantitative estimate of drug-likeness (QED) is 0.856. The van der Waals surface area contributed by atoms with Crippen molar-refractivity contribution in [3.05, 3.63) is 10.6 Å². The normalized spacial score (nSPS) is 20.0. The van der Waals surface area contributed by atoms with Crippen molar-refractivity contribution in [2.45, 2.75) is 64.8 Å². The second-order valence-electron chi connectivity index (χ2n) is 7.01. The van der Waals surface area contributed by atoms with Crippen molar-refractivity contribution in [2.24, 2.45) is 5.92 Å². The third-order valence-corrected chi connectivity index (χ3v) is 5.53. The minimum absolute atomic E-state index is 0.715. The average Bonchev–Trinajstić information content (AvgIpc) is 3.25. The first-order valence-electron chi connectivity index (χ1n) is 8.69. The Morgan fingerprint density at radius 3 is 2.52 bits per heavy atom. The first-order valence-corrected chi connectivity index (χ1v) is 9.51. The molecule has 0 aromatic carbocycles. The van der Waals surface area contributed by atoms with Gasteiger partial charge in [-0.2, -0.15) is 0 Å². The summed E-state index contributed by atoms with van der Waals surface area (Å²) in [5.41, 5.74) is 1.41. The highest BCUT2D eigenvalue weighted by Gasteiger charge is 2.30. The first-order chi connectivity index (χ1) is 10.2. The van der Waals surface area contributed by atoms with Crippen molar-refractivity contribution in [1.82, 2.24) is 10.3 Å². The lowest BCUT2D eigenvalue weighted by molar-refractivity contribution is 0.553. The second kappa shape index (κ2) is 7.10. The Bertz CT molecular complexity index is 443. The highest BCUT2D eigenvalue weighted by Crippen LogP contribution is 2.44. The number of thiazole rings is 1. The summed E-state index contributed by atoms with van der Waals surface area (Å²) < 4.78 is 0. The van der Waals surface area contributed by atoms with Crippen molar-refractivity contribution >= 4 is 16.5 Å². The van der Waals surface area contributed by atoms with Crippen LogP contribution in [-0.2, 0) is 6.54 Å². The van der Waals surface area contributed by atoms with E-state index < -0.39 is 0 Å². The van der Waals surface area contributed by atoms with E-state index in [1.165, 1.54) is 67.3 Å². The fourth-order valence-corrected chi connectivity index (χ4v) is 4.19. The van der Waals surface area contributed by atoms with Gasteiger partial charge in [0.25, 0.3) is 0 Å². The zero-order valence-corrected chi connectivity index (χ0v) is 14.3. The maximum absolute atomic E-state index is 5.04. The summed E-state index contributed by atoms with van der Waals surface area (Å²) in [6.45, 7) is 9.05. The van der Waals surface area contributed by atoms with Crippen molar-refractivity contribution in [2.75, 3.05) is 24.5 Å². The zero-order valence-electron chi connectivity index (χ0n) is 13.5. The van der Waals surface area contributed by atoms with Crippen LogP contribution in [0.25, 0.3) is 0 Å². The van der Waals surface area contributed by atoms with E-state index >= 15 is 0 Å². The second-order valence-corrected chi connectivity index (χ2v) is 8.07. The smallest absolute Gasteiger partial charge is 0.185 e. The van der Waals surface area contributed by atoms with Crippen molar-refractivity contribution in [3.8, 4) is 0 Å². The van der Waals surface area contributed by atoms with Gasteiger partial charge in [0.2, 0.25) is 0 Å². The molecule has 2 aliphatic rings. The summed E-state index contributed by atoms with van der Waals surface area (Å²) in [5.74, 6) is 1.48. The molecule has 1 aliphatic carbocycles. The van der Waals surface area contributed by atoms with Crippen LogP contribution in [0.5, 0.6) is 0 Å². The molecule has 3 nitrogen and oxygen atoms in total. The van der Waals surface area contributed by atoms with Crippen LogP contribution in [0.3, 0.4) is 0 Å². The molecule has 21 heavy (non-hydrogen) atoms. The summed E-state index contributed by atoms with van der Waals surface area (Å²) in [5, 5.41) is 4.90. The third-order valence-electron chi connectivity index (χ3n) is 4.40. The van der Waals surface area contributed by atoms with Crippen LogP contribution in [-0.4, -0.2) is 24.6 Å². The molecule has 1 aromatic heterocycles. The van der Waals surface area contributed by atoms with Gasteiger partial charge in [-0.05, 0) is 38.1 Å². The number of hydrogen-bond acceptors (Lipinski definition) is 4. The summed E-state index contributed by atoms with van der Waals surface area (Å²) in [6, 6.07) is 0. The molecule has 1 saturated heterocycles. The number of aromatic nitrogens is 1. The maximum atomic E-state index is 5.04. The number of anilines is 1. The Morgan fingerprint density at radius 2 is 1.90 bits per heavy atom. The SMILES string of the molecule is CC(C)CNCc1sc(N2CCCCCC2)nc1C1CC1. The summed E-state index contributed by atoms with van der Waals surface area (Å²) >= 11 is 1.95. The van der Waals surface area contributed by atoms with E-state index in [0.29, 0.717) is 5.92 Å². The molecule has 1 saturated carbocycles. The van der Waals surface area contributed by atoms with E-state index in [-0.39, 0.29) is 0 Å². The Labute approximate surface area is 133 Å². The summed E-state index contributed by atoms with van der Waals surface area (Å²) in [4.78, 5) is 9.07. The number of rotatable bonds is 6. The Balaban J connectivity index is 1.69. The molecule has 0 amide bonds. The van der Waals surface area contributed by atoms with E-state index in [1.54, 1.807) is 0 Å². The molecule has 1 aromatic rings. The van der Waals surface area contributed by atoms with Gasteiger partial charge in [0.15, 0.2) is 5.13 Å². The molecule has 2 fully saturated rings. The summed E-state index contributed by atoms with van der Waals surface area (Å²) in [6.07, 6.45) is 8.14. The Kier molecular flexibility index (Phi) is 5.17. The maximum Gasteiger partial charge on any atom is 0.185 e. The monoisotopic (exact) mass is 307 g/mol. The lowest BCUT2D eigenvalue weighted by Crippen LogP contribution is -2.23. The molecule has 0 radical (unpaired) electrons. The Morgan fingerprint density at radius 1 is 1.19 bits per heavy atom. The van der Waals surface area contributed by atoms with E-state index in [9.17, 15) is 0 Å². The van der Waals surface area contributed by atoms with Gasteiger partial charge in [-0.1, -0.05) is 26.7 Å². The average molecular weight is 308 g/mol. The van der Waals surface area contributed by atoms with Gasteiger partial charge in [-0.25, -0.2) is 4.98 Å². The van der Waals surface area contributed by atoms with Crippen LogP contribution in [0.4, 0.5) is 5.13 Å². The molecule has 0 atom stereocenters. The van der Waals surface area contributed by atoms with Crippen LogP contribution in [0.2, 0.25) is 0 Å². The lowest BCUT2D eigenvalue weighted by Gasteiger charge is -2.18. The highest BCUT2D eigenvalue weighted by molar-refractivity contribution is 7.15. The van der Waals surface area contributed by atoms with E-state index in [2.05, 4.69) is 24.1 Å². The third kappa shape index (κ3) is 4.19. The van der Waals surface area contributed by atoms with Crippen molar-refractivity contribution < 1.29 is 0 Å². The topological polar surface area (TPSA) is 28.2 Å². The minimum Gasteiger partial charge on any atom is -0.348 e. The van der Waals surface area contributed by atoms with Gasteiger partial charge in [-0.15, -0.1) is 11.3 Å². The number of hydrogen-bond donors (Lipinski definition) is 1. The fourth-order valence-electron chi connectivity index (χ4n) is 3.02. The molecule has 0 unspecified atom stereocenters. The molecule has 1 N–H and O–H groups in total. The molecule has 3 rings (SSSR count). The predicted octanol–water partition coefficient (Wildman–Crippen LogP) is 4.15. The largest absolute Gasteiger partial charge is 0.348 e. The first kappa shape index (κ1) is 15.3. The molecular formula is C17H29N3S. The molecule has 118 valence electrons. The lowest BCUT2D eigenvalue weighted by atomic mass is 10.2. The predicted molar refractivity (Wildman–Crippen MR) is 91.3 cm³/mol. The highest BCUT2D eigenvalue weighted by atomic mass is 32.1. The van der Waals surface area contributed by atoms with Crippen molar-refractivity contribution in [3.63, 3.8) is 0 Å². The Hall–Kier alpha value is -0.610. The van der Waals surface area contributed by atoms with Gasteiger partial charge in [0.1, 0.15) is 0 Å². The van der Waals surface area contributed by atoms with Gasteiger partial charge >= 0.3 is 0 Å². The van der Waals surface area contributed by atoms with Crippen LogP contribution in [0.15, 0.2) is 0 Å². The molecule has 0 spiro atoms. The van der Waals surface area contributed by atoms with Gasteiger partial charge < -0.3 is 10.2 Å². The molecule has 4 heteroatoms.